The van der Waals surface area contributed by atoms with Crippen LogP contribution in [0.2, 0.25) is 0 Å². The summed E-state index contributed by atoms with van der Waals surface area (Å²) in [5.41, 5.74) is 9.80. The molecule has 1 heterocycles. The van der Waals surface area contributed by atoms with E-state index in [2.05, 4.69) is 35.3 Å². The van der Waals surface area contributed by atoms with Crippen molar-refractivity contribution in [2.45, 2.75) is 25.3 Å². The van der Waals surface area contributed by atoms with Crippen LogP contribution in [-0.2, 0) is 6.42 Å². The van der Waals surface area contributed by atoms with Gasteiger partial charge in [-0.15, -0.1) is 0 Å². The number of fused-ring (bicyclic) bond motifs is 1. The van der Waals surface area contributed by atoms with Gasteiger partial charge in [-0.05, 0) is 37.0 Å². The molecule has 0 aliphatic heterocycles. The van der Waals surface area contributed by atoms with E-state index < -0.39 is 0 Å². The van der Waals surface area contributed by atoms with Crippen LogP contribution in [0.1, 0.15) is 18.4 Å². The van der Waals surface area contributed by atoms with Gasteiger partial charge in [0.25, 0.3) is 0 Å². The Morgan fingerprint density at radius 1 is 1.24 bits per heavy atom. The second kappa shape index (κ2) is 4.30. The molecule has 0 bridgehead atoms. The zero-order chi connectivity index (χ0) is 11.7. The lowest BCUT2D eigenvalue weighted by atomic mass is 10.0. The Bertz CT molecular complexity index is 567. The fraction of sp³-hybridized carbons (Fsp3) is 0.267. The van der Waals surface area contributed by atoms with Gasteiger partial charge in [-0.2, -0.15) is 0 Å². The number of hydrogen-bond acceptors (Lipinski definition) is 2. The zero-order valence-corrected chi connectivity index (χ0v) is 9.76. The van der Waals surface area contributed by atoms with E-state index in [-0.39, 0.29) is 6.04 Å². The molecular weight excluding hydrogens is 208 g/mol. The maximum Gasteiger partial charge on any atom is 0.0704 e. The van der Waals surface area contributed by atoms with Crippen molar-refractivity contribution in [2.75, 3.05) is 0 Å². The van der Waals surface area contributed by atoms with Gasteiger partial charge in [-0.25, -0.2) is 0 Å². The summed E-state index contributed by atoms with van der Waals surface area (Å²) in [6.45, 7) is 0. The van der Waals surface area contributed by atoms with Crippen LogP contribution in [0.15, 0.2) is 48.2 Å². The van der Waals surface area contributed by atoms with E-state index in [0.717, 1.165) is 24.8 Å². The highest BCUT2D eigenvalue weighted by Gasteiger charge is 2.13. The van der Waals surface area contributed by atoms with E-state index in [1.165, 1.54) is 16.5 Å². The lowest BCUT2D eigenvalue weighted by Gasteiger charge is -2.06. The lowest BCUT2D eigenvalue weighted by molar-refractivity contribution is 0.770. The van der Waals surface area contributed by atoms with Gasteiger partial charge in [0.1, 0.15) is 0 Å². The van der Waals surface area contributed by atoms with E-state index in [0.29, 0.717) is 0 Å². The SMILES string of the molecule is NC1C=C(Cc2ccnc3ccccc23)CC1. The van der Waals surface area contributed by atoms with E-state index in [9.17, 15) is 0 Å². The molecule has 0 fully saturated rings. The molecule has 2 nitrogen and oxygen atoms in total. The van der Waals surface area contributed by atoms with E-state index >= 15 is 0 Å². The van der Waals surface area contributed by atoms with Crippen LogP contribution < -0.4 is 5.73 Å². The average Bonchev–Trinajstić information content (AvgIpc) is 2.75. The van der Waals surface area contributed by atoms with Gasteiger partial charge in [-0.3, -0.25) is 4.98 Å². The molecular formula is C15H16N2. The Balaban J connectivity index is 1.98. The molecule has 1 atom stereocenters. The predicted octanol–water partition coefficient (Wildman–Crippen LogP) is 2.82. The standard InChI is InChI=1S/C15H16N2/c16-13-6-5-11(10-13)9-12-7-8-17-15-4-2-1-3-14(12)15/h1-4,7-8,10,13H,5-6,9,16H2. The molecule has 0 spiro atoms. The maximum atomic E-state index is 5.90. The summed E-state index contributed by atoms with van der Waals surface area (Å²) < 4.78 is 0. The fourth-order valence-corrected chi connectivity index (χ4v) is 2.52. The summed E-state index contributed by atoms with van der Waals surface area (Å²) in [6.07, 6.45) is 7.36. The van der Waals surface area contributed by atoms with Gasteiger partial charge in [0, 0.05) is 17.6 Å². The minimum absolute atomic E-state index is 0.262. The summed E-state index contributed by atoms with van der Waals surface area (Å²) in [5, 5.41) is 1.26. The molecule has 0 saturated carbocycles. The van der Waals surface area contributed by atoms with Gasteiger partial charge in [0.15, 0.2) is 0 Å². The first-order chi connectivity index (χ1) is 8.33. The third-order valence-corrected chi connectivity index (χ3v) is 3.41. The molecule has 1 aromatic heterocycles. The number of rotatable bonds is 2. The molecule has 1 aromatic carbocycles. The molecule has 0 saturated heterocycles. The summed E-state index contributed by atoms with van der Waals surface area (Å²) in [7, 11) is 0. The van der Waals surface area contributed by atoms with Crippen LogP contribution in [0.25, 0.3) is 10.9 Å². The average molecular weight is 224 g/mol. The van der Waals surface area contributed by atoms with Crippen molar-refractivity contribution in [1.82, 2.24) is 4.98 Å². The molecule has 17 heavy (non-hydrogen) atoms. The summed E-state index contributed by atoms with van der Waals surface area (Å²) >= 11 is 0. The highest BCUT2D eigenvalue weighted by molar-refractivity contribution is 5.82. The molecule has 1 aliphatic rings. The molecule has 3 rings (SSSR count). The topological polar surface area (TPSA) is 38.9 Å². The van der Waals surface area contributed by atoms with Crippen molar-refractivity contribution in [3.8, 4) is 0 Å². The minimum Gasteiger partial charge on any atom is -0.324 e. The first-order valence-corrected chi connectivity index (χ1v) is 6.11. The largest absolute Gasteiger partial charge is 0.324 e. The van der Waals surface area contributed by atoms with Gasteiger partial charge < -0.3 is 5.73 Å². The normalized spacial score (nSPS) is 19.6. The number of allylic oxidation sites excluding steroid dienone is 1. The number of nitrogens with zero attached hydrogens (tertiary/aromatic N) is 1. The van der Waals surface area contributed by atoms with Crippen molar-refractivity contribution >= 4 is 10.9 Å². The Morgan fingerprint density at radius 2 is 2.12 bits per heavy atom. The molecule has 2 heteroatoms. The van der Waals surface area contributed by atoms with Crippen LogP contribution in [0.3, 0.4) is 0 Å². The van der Waals surface area contributed by atoms with Crippen molar-refractivity contribution in [1.29, 1.82) is 0 Å². The molecule has 1 aliphatic carbocycles. The number of para-hydroxylation sites is 1. The fourth-order valence-electron chi connectivity index (χ4n) is 2.52. The van der Waals surface area contributed by atoms with Crippen LogP contribution in [0.5, 0.6) is 0 Å². The Kier molecular flexibility index (Phi) is 2.65. The second-order valence-electron chi connectivity index (χ2n) is 4.69. The van der Waals surface area contributed by atoms with E-state index in [1.54, 1.807) is 0 Å². The van der Waals surface area contributed by atoms with Gasteiger partial charge in [-0.1, -0.05) is 29.8 Å². The van der Waals surface area contributed by atoms with Gasteiger partial charge in [0.2, 0.25) is 0 Å². The summed E-state index contributed by atoms with van der Waals surface area (Å²) in [5.74, 6) is 0. The van der Waals surface area contributed by atoms with Crippen LogP contribution >= 0.6 is 0 Å². The highest BCUT2D eigenvalue weighted by Crippen LogP contribution is 2.24. The van der Waals surface area contributed by atoms with Crippen LogP contribution in [-0.4, -0.2) is 11.0 Å². The molecule has 86 valence electrons. The Hall–Kier alpha value is -1.67. The van der Waals surface area contributed by atoms with Crippen molar-refractivity contribution in [2.24, 2.45) is 5.73 Å². The van der Waals surface area contributed by atoms with Gasteiger partial charge >= 0.3 is 0 Å². The van der Waals surface area contributed by atoms with Crippen molar-refractivity contribution < 1.29 is 0 Å². The van der Waals surface area contributed by atoms with E-state index in [4.69, 9.17) is 5.73 Å². The summed E-state index contributed by atoms with van der Waals surface area (Å²) in [4.78, 5) is 4.39. The third-order valence-electron chi connectivity index (χ3n) is 3.41. The molecule has 0 amide bonds. The van der Waals surface area contributed by atoms with Gasteiger partial charge in [0.05, 0.1) is 5.52 Å². The quantitative estimate of drug-likeness (QED) is 0.797. The predicted molar refractivity (Wildman–Crippen MR) is 70.7 cm³/mol. The number of hydrogen-bond donors (Lipinski definition) is 1. The second-order valence-corrected chi connectivity index (χ2v) is 4.69. The number of aromatic nitrogens is 1. The van der Waals surface area contributed by atoms with Crippen molar-refractivity contribution in [3.05, 3.63) is 53.7 Å². The number of benzene rings is 1. The first kappa shape index (κ1) is 10.5. The smallest absolute Gasteiger partial charge is 0.0704 e. The molecule has 1 unspecified atom stereocenters. The van der Waals surface area contributed by atoms with E-state index in [1.807, 2.05) is 12.3 Å². The van der Waals surface area contributed by atoms with Crippen LogP contribution in [0, 0.1) is 0 Å². The molecule has 0 radical (unpaired) electrons. The molecule has 2 N–H and O–H groups in total. The molecule has 2 aromatic rings. The minimum atomic E-state index is 0.262. The Morgan fingerprint density at radius 3 is 2.94 bits per heavy atom. The Labute approximate surface area is 101 Å². The maximum absolute atomic E-state index is 5.90. The number of nitrogens with two attached hydrogens (primary N) is 1. The number of pyridine rings is 1. The lowest BCUT2D eigenvalue weighted by Crippen LogP contribution is -2.11. The zero-order valence-electron chi connectivity index (χ0n) is 9.76. The van der Waals surface area contributed by atoms with Crippen LogP contribution in [0.4, 0.5) is 0 Å². The summed E-state index contributed by atoms with van der Waals surface area (Å²) in [6, 6.07) is 10.7. The van der Waals surface area contributed by atoms with Crippen molar-refractivity contribution in [3.63, 3.8) is 0 Å². The third kappa shape index (κ3) is 2.08. The first-order valence-electron chi connectivity index (χ1n) is 6.11. The monoisotopic (exact) mass is 224 g/mol. The highest BCUT2D eigenvalue weighted by atomic mass is 14.6.